The number of nitrogens with zero attached hydrogens (tertiary/aromatic N) is 2. The SMILES string of the molecule is C/C(=N/NC(=O)CCn1c2ccccc2c2ccccc21)c1ccccc1. The summed E-state index contributed by atoms with van der Waals surface area (Å²) in [4.78, 5) is 12.3. The number of hydrogen-bond acceptors (Lipinski definition) is 2. The molecule has 0 aliphatic heterocycles. The van der Waals surface area contributed by atoms with Crippen molar-refractivity contribution in [2.45, 2.75) is 19.9 Å². The quantitative estimate of drug-likeness (QED) is 0.408. The molecular formula is C23H21N3O. The van der Waals surface area contributed by atoms with Gasteiger partial charge in [-0.2, -0.15) is 5.10 Å². The molecule has 0 radical (unpaired) electrons. The number of hydrazone groups is 1. The lowest BCUT2D eigenvalue weighted by Crippen LogP contribution is -2.20. The molecule has 4 nitrogen and oxygen atoms in total. The maximum atomic E-state index is 12.3. The average molecular weight is 355 g/mol. The Bertz CT molecular complexity index is 1070. The van der Waals surface area contributed by atoms with E-state index in [1.807, 2.05) is 61.5 Å². The number of aryl methyl sites for hydroxylation is 1. The number of carbonyl (C=O) groups is 1. The van der Waals surface area contributed by atoms with Gasteiger partial charge in [0.05, 0.1) is 5.71 Å². The smallest absolute Gasteiger partial charge is 0.241 e. The van der Waals surface area contributed by atoms with Gasteiger partial charge < -0.3 is 4.57 Å². The third kappa shape index (κ3) is 3.47. The number of nitrogens with one attached hydrogen (secondary N) is 1. The van der Waals surface area contributed by atoms with E-state index in [0.717, 1.165) is 22.3 Å². The normalized spacial score (nSPS) is 11.8. The molecule has 0 bridgehead atoms. The summed E-state index contributed by atoms with van der Waals surface area (Å²) in [7, 11) is 0. The van der Waals surface area contributed by atoms with Gasteiger partial charge >= 0.3 is 0 Å². The van der Waals surface area contributed by atoms with Gasteiger partial charge in [-0.15, -0.1) is 0 Å². The van der Waals surface area contributed by atoms with E-state index in [-0.39, 0.29) is 5.91 Å². The molecule has 0 unspecified atom stereocenters. The number of carbonyl (C=O) groups excluding carboxylic acids is 1. The molecule has 134 valence electrons. The Morgan fingerprint density at radius 2 is 1.41 bits per heavy atom. The van der Waals surface area contributed by atoms with Gasteiger partial charge in [-0.1, -0.05) is 66.7 Å². The lowest BCUT2D eigenvalue weighted by molar-refractivity contribution is -0.121. The molecule has 1 amide bonds. The Hall–Kier alpha value is -3.40. The highest BCUT2D eigenvalue weighted by atomic mass is 16.2. The zero-order valence-electron chi connectivity index (χ0n) is 15.2. The first kappa shape index (κ1) is 17.0. The lowest BCUT2D eigenvalue weighted by atomic mass is 10.1. The van der Waals surface area contributed by atoms with Crippen LogP contribution in [-0.2, 0) is 11.3 Å². The Morgan fingerprint density at radius 1 is 0.852 bits per heavy atom. The summed E-state index contributed by atoms with van der Waals surface area (Å²) in [6.07, 6.45) is 0.369. The fourth-order valence-electron chi connectivity index (χ4n) is 3.40. The molecule has 1 aromatic heterocycles. The summed E-state index contributed by atoms with van der Waals surface area (Å²) in [6, 6.07) is 26.4. The van der Waals surface area contributed by atoms with Crippen LogP contribution in [0.25, 0.3) is 21.8 Å². The Labute approximate surface area is 158 Å². The summed E-state index contributed by atoms with van der Waals surface area (Å²) >= 11 is 0. The van der Waals surface area contributed by atoms with Crippen LogP contribution in [0.15, 0.2) is 84.0 Å². The van der Waals surface area contributed by atoms with E-state index in [1.54, 1.807) is 0 Å². The molecule has 0 aliphatic carbocycles. The van der Waals surface area contributed by atoms with E-state index in [2.05, 4.69) is 39.4 Å². The first-order valence-electron chi connectivity index (χ1n) is 9.08. The Kier molecular flexibility index (Phi) is 4.71. The monoisotopic (exact) mass is 355 g/mol. The number of benzene rings is 3. The second kappa shape index (κ2) is 7.46. The summed E-state index contributed by atoms with van der Waals surface area (Å²) in [5.74, 6) is -0.0906. The van der Waals surface area contributed by atoms with Gasteiger partial charge in [-0.05, 0) is 24.6 Å². The van der Waals surface area contributed by atoms with Crippen molar-refractivity contribution < 1.29 is 4.79 Å². The van der Waals surface area contributed by atoms with Crippen molar-refractivity contribution in [1.29, 1.82) is 0 Å². The maximum Gasteiger partial charge on any atom is 0.241 e. The van der Waals surface area contributed by atoms with Crippen LogP contribution in [0.5, 0.6) is 0 Å². The van der Waals surface area contributed by atoms with Crippen LogP contribution in [0.4, 0.5) is 0 Å². The summed E-state index contributed by atoms with van der Waals surface area (Å²) in [5, 5.41) is 6.66. The Morgan fingerprint density at radius 3 is 2.04 bits per heavy atom. The van der Waals surface area contributed by atoms with Crippen molar-refractivity contribution in [1.82, 2.24) is 9.99 Å². The predicted octanol–water partition coefficient (Wildman–Crippen LogP) is 4.73. The highest BCUT2D eigenvalue weighted by Crippen LogP contribution is 2.28. The van der Waals surface area contributed by atoms with Gasteiger partial charge in [-0.25, -0.2) is 5.43 Å². The van der Waals surface area contributed by atoms with E-state index < -0.39 is 0 Å². The van der Waals surface area contributed by atoms with Crippen molar-refractivity contribution in [3.63, 3.8) is 0 Å². The molecular weight excluding hydrogens is 334 g/mol. The van der Waals surface area contributed by atoms with E-state index in [1.165, 1.54) is 10.8 Å². The van der Waals surface area contributed by atoms with Crippen LogP contribution in [0.2, 0.25) is 0 Å². The van der Waals surface area contributed by atoms with Crippen LogP contribution in [0.3, 0.4) is 0 Å². The number of hydrogen-bond donors (Lipinski definition) is 1. The van der Waals surface area contributed by atoms with Gasteiger partial charge in [0.2, 0.25) is 5.91 Å². The maximum absolute atomic E-state index is 12.3. The molecule has 27 heavy (non-hydrogen) atoms. The standard InChI is InChI=1S/C23H21N3O/c1-17(18-9-3-2-4-10-18)24-25-23(27)15-16-26-21-13-7-5-11-19(21)20-12-6-8-14-22(20)26/h2-14H,15-16H2,1H3,(H,25,27)/b24-17-. The number of fused-ring (bicyclic) bond motifs is 3. The zero-order valence-corrected chi connectivity index (χ0v) is 15.2. The van der Waals surface area contributed by atoms with Crippen LogP contribution >= 0.6 is 0 Å². The van der Waals surface area contributed by atoms with Crippen molar-refractivity contribution >= 4 is 33.4 Å². The van der Waals surface area contributed by atoms with Crippen LogP contribution in [0, 0.1) is 0 Å². The Balaban J connectivity index is 1.51. The molecule has 1 heterocycles. The van der Waals surface area contributed by atoms with Crippen LogP contribution in [-0.4, -0.2) is 16.2 Å². The zero-order chi connectivity index (χ0) is 18.6. The van der Waals surface area contributed by atoms with E-state index >= 15 is 0 Å². The molecule has 4 rings (SSSR count). The van der Waals surface area contributed by atoms with Crippen molar-refractivity contribution in [2.24, 2.45) is 5.10 Å². The topological polar surface area (TPSA) is 46.4 Å². The first-order chi connectivity index (χ1) is 13.2. The molecule has 0 saturated heterocycles. The van der Waals surface area contributed by atoms with E-state index in [9.17, 15) is 4.79 Å². The molecule has 0 atom stereocenters. The summed E-state index contributed by atoms with van der Waals surface area (Å²) in [5.41, 5.74) is 6.76. The van der Waals surface area contributed by atoms with Gasteiger partial charge in [0, 0.05) is 34.8 Å². The molecule has 3 aromatic carbocycles. The number of aromatic nitrogens is 1. The minimum absolute atomic E-state index is 0.0906. The largest absolute Gasteiger partial charge is 0.340 e. The van der Waals surface area contributed by atoms with Crippen molar-refractivity contribution in [3.8, 4) is 0 Å². The molecule has 4 heteroatoms. The van der Waals surface area contributed by atoms with E-state index in [0.29, 0.717) is 13.0 Å². The van der Waals surface area contributed by atoms with Crippen LogP contribution < -0.4 is 5.43 Å². The lowest BCUT2D eigenvalue weighted by Gasteiger charge is -2.07. The summed E-state index contributed by atoms with van der Waals surface area (Å²) < 4.78 is 2.21. The second-order valence-electron chi connectivity index (χ2n) is 6.53. The fourth-order valence-corrected chi connectivity index (χ4v) is 3.40. The molecule has 0 saturated carbocycles. The minimum atomic E-state index is -0.0906. The van der Waals surface area contributed by atoms with Crippen molar-refractivity contribution in [2.75, 3.05) is 0 Å². The molecule has 0 aliphatic rings. The molecule has 0 fully saturated rings. The molecule has 1 N–H and O–H groups in total. The van der Waals surface area contributed by atoms with Gasteiger partial charge in [0.25, 0.3) is 0 Å². The molecule has 0 spiro atoms. The third-order valence-electron chi connectivity index (χ3n) is 4.78. The molecule has 4 aromatic rings. The fraction of sp³-hybridized carbons (Fsp3) is 0.130. The highest BCUT2D eigenvalue weighted by Gasteiger charge is 2.10. The van der Waals surface area contributed by atoms with Crippen molar-refractivity contribution in [3.05, 3.63) is 84.4 Å². The van der Waals surface area contributed by atoms with Gasteiger partial charge in [0.1, 0.15) is 0 Å². The number of para-hydroxylation sites is 2. The minimum Gasteiger partial charge on any atom is -0.340 e. The van der Waals surface area contributed by atoms with Crippen LogP contribution in [0.1, 0.15) is 18.9 Å². The average Bonchev–Trinajstić information content (AvgIpc) is 3.05. The second-order valence-corrected chi connectivity index (χ2v) is 6.53. The third-order valence-corrected chi connectivity index (χ3v) is 4.78. The number of rotatable bonds is 5. The van der Waals surface area contributed by atoms with Gasteiger partial charge in [-0.3, -0.25) is 4.79 Å². The first-order valence-corrected chi connectivity index (χ1v) is 9.08. The summed E-state index contributed by atoms with van der Waals surface area (Å²) in [6.45, 7) is 2.50. The number of amides is 1. The van der Waals surface area contributed by atoms with E-state index in [4.69, 9.17) is 0 Å². The van der Waals surface area contributed by atoms with Gasteiger partial charge in [0.15, 0.2) is 0 Å². The predicted molar refractivity (Wildman–Crippen MR) is 111 cm³/mol. The highest BCUT2D eigenvalue weighted by molar-refractivity contribution is 6.08.